The van der Waals surface area contributed by atoms with Gasteiger partial charge >= 0.3 is 5.97 Å². The lowest BCUT2D eigenvalue weighted by Gasteiger charge is -2.15. The van der Waals surface area contributed by atoms with Crippen molar-refractivity contribution in [2.45, 2.75) is 23.6 Å². The van der Waals surface area contributed by atoms with Crippen LogP contribution in [0.5, 0.6) is 11.5 Å². The molecule has 0 fully saturated rings. The number of phenols is 1. The van der Waals surface area contributed by atoms with E-state index in [1.807, 2.05) is 13.8 Å². The first-order valence-corrected chi connectivity index (χ1v) is 14.2. The highest BCUT2D eigenvalue weighted by molar-refractivity contribution is 8.00. The molecule has 0 spiro atoms. The molecule has 0 aliphatic rings. The van der Waals surface area contributed by atoms with Crippen LogP contribution in [0.2, 0.25) is 0 Å². The molecular weight excluding hydrogens is 529 g/mol. The molecule has 0 heterocycles. The summed E-state index contributed by atoms with van der Waals surface area (Å²) in [4.78, 5) is 11.2. The summed E-state index contributed by atoms with van der Waals surface area (Å²) in [6.45, 7) is 4.42. The predicted octanol–water partition coefficient (Wildman–Crippen LogP) is 6.36. The number of carboxylic acids is 1. The molecule has 10 heteroatoms. The van der Waals surface area contributed by atoms with E-state index in [1.165, 1.54) is 30.3 Å². The highest BCUT2D eigenvalue weighted by Crippen LogP contribution is 2.40. The van der Waals surface area contributed by atoms with Crippen molar-refractivity contribution in [1.29, 1.82) is 0 Å². The minimum absolute atomic E-state index is 0.0913. The summed E-state index contributed by atoms with van der Waals surface area (Å²) >= 11 is 0.877. The molecule has 0 aliphatic carbocycles. The molecule has 0 amide bonds. The van der Waals surface area contributed by atoms with E-state index in [0.29, 0.717) is 28.7 Å². The van der Waals surface area contributed by atoms with Crippen molar-refractivity contribution in [1.82, 2.24) is 0 Å². The first-order chi connectivity index (χ1) is 18.0. The number of phenolic OH excluding ortho intramolecular Hbond substituents is 1. The van der Waals surface area contributed by atoms with Crippen LogP contribution >= 0.6 is 11.8 Å². The Morgan fingerprint density at radius 3 is 2.45 bits per heavy atom. The molecule has 4 rings (SSSR count). The minimum atomic E-state index is -4.14. The topological polar surface area (TPSA) is 113 Å². The van der Waals surface area contributed by atoms with Gasteiger partial charge in [0, 0.05) is 22.4 Å². The van der Waals surface area contributed by atoms with E-state index in [2.05, 4.69) is 4.72 Å². The molecule has 38 heavy (non-hydrogen) atoms. The Bertz CT molecular complexity index is 1600. The van der Waals surface area contributed by atoms with Crippen LogP contribution in [0.15, 0.2) is 82.6 Å². The summed E-state index contributed by atoms with van der Waals surface area (Å²) in [5, 5.41) is 20.5. The van der Waals surface area contributed by atoms with Crippen LogP contribution in [0.25, 0.3) is 21.9 Å². The summed E-state index contributed by atoms with van der Waals surface area (Å²) in [6, 6.07) is 18.4. The molecule has 0 bridgehead atoms. The Labute approximate surface area is 224 Å². The molecular formula is C28H26FNO6S2. The van der Waals surface area contributed by atoms with E-state index in [9.17, 15) is 22.7 Å². The van der Waals surface area contributed by atoms with Crippen LogP contribution in [0, 0.1) is 11.7 Å². The third-order valence-electron chi connectivity index (χ3n) is 5.56. The first kappa shape index (κ1) is 27.3. The van der Waals surface area contributed by atoms with Gasteiger partial charge in [-0.15, -0.1) is 11.8 Å². The average molecular weight is 556 g/mol. The number of nitrogens with one attached hydrogen (secondary N) is 1. The molecule has 4 aromatic carbocycles. The van der Waals surface area contributed by atoms with Crippen molar-refractivity contribution in [3.05, 3.63) is 78.6 Å². The van der Waals surface area contributed by atoms with Gasteiger partial charge in [0.1, 0.15) is 17.3 Å². The minimum Gasteiger partial charge on any atom is -0.506 e. The van der Waals surface area contributed by atoms with E-state index >= 15 is 0 Å². The number of carboxylic acid groups (broad SMARTS) is 1. The van der Waals surface area contributed by atoms with Gasteiger partial charge < -0.3 is 14.9 Å². The van der Waals surface area contributed by atoms with Gasteiger partial charge in [-0.1, -0.05) is 50.2 Å². The first-order valence-electron chi connectivity index (χ1n) is 11.7. The van der Waals surface area contributed by atoms with Crippen molar-refractivity contribution in [2.75, 3.05) is 17.1 Å². The van der Waals surface area contributed by atoms with Crippen LogP contribution in [-0.4, -0.2) is 37.0 Å². The molecule has 0 saturated carbocycles. The van der Waals surface area contributed by atoms with E-state index in [1.54, 1.807) is 42.5 Å². The number of thioether (sulfide) groups is 1. The number of benzene rings is 4. The monoisotopic (exact) mass is 555 g/mol. The maximum absolute atomic E-state index is 14.9. The molecule has 0 radical (unpaired) electrons. The lowest BCUT2D eigenvalue weighted by atomic mass is 10.1. The lowest BCUT2D eigenvalue weighted by Crippen LogP contribution is -2.13. The molecule has 4 aromatic rings. The molecule has 3 N–H and O–H groups in total. The van der Waals surface area contributed by atoms with Crippen LogP contribution in [0.1, 0.15) is 13.8 Å². The fraction of sp³-hybridized carbons (Fsp3) is 0.179. The maximum atomic E-state index is 14.9. The molecule has 0 saturated heterocycles. The normalized spacial score (nSPS) is 11.6. The van der Waals surface area contributed by atoms with Crippen LogP contribution < -0.4 is 9.46 Å². The number of fused-ring (bicyclic) bond motifs is 1. The standard InChI is InChI=1S/C28H26FNO6S2/c1-17(2)15-36-19-10-11-21(24(29)13-19)18-6-5-7-20(12-18)38(34,35)30-25-14-26(37-16-27(31)32)28(33)23-9-4-3-8-22(23)25/h3-14,17,30,33H,15-16H2,1-2H3,(H,31,32). The third kappa shape index (κ3) is 6.20. The maximum Gasteiger partial charge on any atom is 0.313 e. The molecule has 0 atom stereocenters. The zero-order valence-corrected chi connectivity index (χ0v) is 22.3. The van der Waals surface area contributed by atoms with Gasteiger partial charge in [0.2, 0.25) is 0 Å². The number of hydrogen-bond acceptors (Lipinski definition) is 6. The summed E-state index contributed by atoms with van der Waals surface area (Å²) in [5.74, 6) is -1.39. The van der Waals surface area contributed by atoms with Crippen molar-refractivity contribution in [3.8, 4) is 22.6 Å². The third-order valence-corrected chi connectivity index (χ3v) is 7.93. The molecule has 198 valence electrons. The lowest BCUT2D eigenvalue weighted by molar-refractivity contribution is -0.133. The second-order valence-electron chi connectivity index (χ2n) is 8.98. The summed E-state index contributed by atoms with van der Waals surface area (Å²) in [6.07, 6.45) is 0. The fourth-order valence-electron chi connectivity index (χ4n) is 3.79. The van der Waals surface area contributed by atoms with Crippen molar-refractivity contribution in [2.24, 2.45) is 5.92 Å². The number of aliphatic carboxylic acids is 1. The number of ether oxygens (including phenoxy) is 1. The number of rotatable bonds is 10. The van der Waals surface area contributed by atoms with Gasteiger partial charge in [0.05, 0.1) is 27.8 Å². The molecule has 7 nitrogen and oxygen atoms in total. The average Bonchev–Trinajstić information content (AvgIpc) is 2.88. The SMILES string of the molecule is CC(C)COc1ccc(-c2cccc(S(=O)(=O)Nc3cc(SCC(=O)O)c(O)c4ccccc34)c2)c(F)c1. The predicted molar refractivity (Wildman–Crippen MR) is 147 cm³/mol. The van der Waals surface area contributed by atoms with Gasteiger partial charge in [-0.2, -0.15) is 0 Å². The highest BCUT2D eigenvalue weighted by Gasteiger charge is 2.20. The van der Waals surface area contributed by atoms with Gasteiger partial charge in [0.25, 0.3) is 10.0 Å². The van der Waals surface area contributed by atoms with Crippen LogP contribution in [-0.2, 0) is 14.8 Å². The summed E-state index contributed by atoms with van der Waals surface area (Å²) < 4.78 is 49.8. The number of hydrogen-bond donors (Lipinski definition) is 3. The van der Waals surface area contributed by atoms with Gasteiger partial charge in [-0.05, 0) is 41.8 Å². The van der Waals surface area contributed by atoms with Crippen molar-refractivity contribution in [3.63, 3.8) is 0 Å². The fourth-order valence-corrected chi connectivity index (χ4v) is 5.63. The van der Waals surface area contributed by atoms with E-state index < -0.39 is 21.8 Å². The van der Waals surface area contributed by atoms with Crippen LogP contribution in [0.4, 0.5) is 10.1 Å². The van der Waals surface area contributed by atoms with E-state index in [0.717, 1.165) is 11.8 Å². The molecule has 0 aliphatic heterocycles. The Kier molecular flexibility index (Phi) is 8.13. The Balaban J connectivity index is 1.68. The van der Waals surface area contributed by atoms with Gasteiger partial charge in [-0.25, -0.2) is 12.8 Å². The highest BCUT2D eigenvalue weighted by atomic mass is 32.2. The summed E-state index contributed by atoms with van der Waals surface area (Å²) in [7, 11) is -4.14. The number of carbonyl (C=O) groups is 1. The van der Waals surface area contributed by atoms with Gasteiger partial charge in [-0.3, -0.25) is 9.52 Å². The van der Waals surface area contributed by atoms with E-state index in [4.69, 9.17) is 9.84 Å². The summed E-state index contributed by atoms with van der Waals surface area (Å²) in [5.41, 5.74) is 0.768. The number of halogens is 1. The molecule has 0 unspecified atom stereocenters. The van der Waals surface area contributed by atoms with Crippen LogP contribution in [0.3, 0.4) is 0 Å². The van der Waals surface area contributed by atoms with Crippen molar-refractivity contribution < 1.29 is 32.6 Å². The largest absolute Gasteiger partial charge is 0.506 e. The Morgan fingerprint density at radius 2 is 1.76 bits per heavy atom. The smallest absolute Gasteiger partial charge is 0.313 e. The molecule has 0 aromatic heterocycles. The van der Waals surface area contributed by atoms with E-state index in [-0.39, 0.29) is 38.5 Å². The second-order valence-corrected chi connectivity index (χ2v) is 11.7. The Morgan fingerprint density at radius 1 is 1.03 bits per heavy atom. The zero-order valence-electron chi connectivity index (χ0n) is 20.6. The Hall–Kier alpha value is -3.76. The quantitative estimate of drug-likeness (QED) is 0.154. The second kappa shape index (κ2) is 11.3. The van der Waals surface area contributed by atoms with Crippen molar-refractivity contribution >= 4 is 44.2 Å². The number of aromatic hydroxyl groups is 1. The number of anilines is 1. The number of sulfonamides is 1. The zero-order chi connectivity index (χ0) is 27.4. The van der Waals surface area contributed by atoms with Gasteiger partial charge in [0.15, 0.2) is 0 Å².